The summed E-state index contributed by atoms with van der Waals surface area (Å²) in [6, 6.07) is 19.4. The lowest BCUT2D eigenvalue weighted by Gasteiger charge is -2.16. The van der Waals surface area contributed by atoms with Gasteiger partial charge in [0.15, 0.2) is 6.10 Å². The number of carbonyl (C=O) groups excluding carboxylic acids is 1. The molecule has 0 saturated heterocycles. The van der Waals surface area contributed by atoms with Gasteiger partial charge in [0, 0.05) is 10.2 Å². The molecule has 0 aliphatic rings. The maximum atomic E-state index is 12.4. The van der Waals surface area contributed by atoms with Gasteiger partial charge in [0.25, 0.3) is 5.91 Å². The van der Waals surface area contributed by atoms with Crippen molar-refractivity contribution >= 4 is 54.2 Å². The highest BCUT2D eigenvalue weighted by atomic mass is 79.9. The van der Waals surface area contributed by atoms with Gasteiger partial charge in [-0.2, -0.15) is 0 Å². The zero-order valence-corrected chi connectivity index (χ0v) is 16.1. The van der Waals surface area contributed by atoms with E-state index in [1.807, 2.05) is 60.7 Å². The van der Waals surface area contributed by atoms with Crippen molar-refractivity contribution in [1.82, 2.24) is 0 Å². The average molecular weight is 449 g/mol. The second-order valence-corrected chi connectivity index (χ2v) is 7.16. The summed E-state index contributed by atoms with van der Waals surface area (Å²) in [6.07, 6.45) is -0.617. The number of ether oxygens (including phenoxy) is 1. The summed E-state index contributed by atoms with van der Waals surface area (Å²) in [4.78, 5) is 12.4. The van der Waals surface area contributed by atoms with E-state index in [0.29, 0.717) is 5.75 Å². The van der Waals surface area contributed by atoms with E-state index in [1.54, 1.807) is 6.92 Å². The van der Waals surface area contributed by atoms with Gasteiger partial charge in [-0.1, -0.05) is 46.3 Å². The topological polar surface area (TPSA) is 38.3 Å². The number of amides is 1. The maximum Gasteiger partial charge on any atom is 0.265 e. The van der Waals surface area contributed by atoms with Gasteiger partial charge in [0.1, 0.15) is 5.75 Å². The molecule has 5 heteroatoms. The molecule has 0 unspecified atom stereocenters. The summed E-state index contributed by atoms with van der Waals surface area (Å²) in [6.45, 7) is 1.73. The monoisotopic (exact) mass is 447 g/mol. The Balaban J connectivity index is 1.70. The molecule has 1 N–H and O–H groups in total. The fraction of sp³-hybridized carbons (Fsp3) is 0.105. The summed E-state index contributed by atoms with van der Waals surface area (Å²) in [7, 11) is 0. The molecule has 0 spiro atoms. The smallest absolute Gasteiger partial charge is 0.265 e. The quantitative estimate of drug-likeness (QED) is 0.550. The molecule has 122 valence electrons. The minimum atomic E-state index is -0.617. The number of hydrogen-bond acceptors (Lipinski definition) is 2. The molecule has 0 saturated carbocycles. The van der Waals surface area contributed by atoms with Gasteiger partial charge in [-0.15, -0.1) is 0 Å². The Morgan fingerprint density at radius 2 is 1.75 bits per heavy atom. The first kappa shape index (κ1) is 17.0. The number of benzene rings is 3. The molecule has 0 radical (unpaired) electrons. The SMILES string of the molecule is C[C@H](Oc1ccc(Br)cc1Br)C(=O)Nc1ccc2ccccc2c1. The van der Waals surface area contributed by atoms with Gasteiger partial charge in [0.2, 0.25) is 0 Å². The Morgan fingerprint density at radius 1 is 1.00 bits per heavy atom. The van der Waals surface area contributed by atoms with Crippen LogP contribution in [-0.4, -0.2) is 12.0 Å². The first-order valence-corrected chi connectivity index (χ1v) is 9.03. The summed E-state index contributed by atoms with van der Waals surface area (Å²) in [5.74, 6) is 0.430. The van der Waals surface area contributed by atoms with Crippen LogP contribution in [0, 0.1) is 0 Å². The molecule has 0 heterocycles. The van der Waals surface area contributed by atoms with Crippen molar-refractivity contribution in [2.45, 2.75) is 13.0 Å². The van der Waals surface area contributed by atoms with Gasteiger partial charge in [-0.25, -0.2) is 0 Å². The van der Waals surface area contributed by atoms with Crippen LogP contribution in [0.2, 0.25) is 0 Å². The molecule has 0 fully saturated rings. The second-order valence-electron chi connectivity index (χ2n) is 5.39. The van der Waals surface area contributed by atoms with E-state index in [4.69, 9.17) is 4.74 Å². The zero-order chi connectivity index (χ0) is 17.1. The predicted octanol–water partition coefficient (Wildman–Crippen LogP) is 5.77. The fourth-order valence-electron chi connectivity index (χ4n) is 2.33. The van der Waals surface area contributed by atoms with Gasteiger partial charge in [0.05, 0.1) is 4.47 Å². The Bertz CT molecular complexity index is 895. The number of nitrogens with one attached hydrogen (secondary N) is 1. The molecule has 24 heavy (non-hydrogen) atoms. The number of hydrogen-bond donors (Lipinski definition) is 1. The van der Waals surface area contributed by atoms with Crippen molar-refractivity contribution in [3.05, 3.63) is 69.6 Å². The van der Waals surface area contributed by atoms with Crippen molar-refractivity contribution in [1.29, 1.82) is 0 Å². The van der Waals surface area contributed by atoms with E-state index in [0.717, 1.165) is 25.4 Å². The standard InChI is InChI=1S/C19H15Br2NO2/c1-12(24-18-9-7-15(20)11-17(18)21)19(23)22-16-8-6-13-4-2-3-5-14(13)10-16/h2-12H,1H3,(H,22,23)/t12-/m0/s1. The summed E-state index contributed by atoms with van der Waals surface area (Å²) < 4.78 is 7.48. The molecule has 1 amide bonds. The van der Waals surface area contributed by atoms with E-state index in [2.05, 4.69) is 37.2 Å². The molecule has 0 aliphatic heterocycles. The third kappa shape index (κ3) is 3.97. The van der Waals surface area contributed by atoms with Crippen molar-refractivity contribution in [2.24, 2.45) is 0 Å². The van der Waals surface area contributed by atoms with E-state index < -0.39 is 6.10 Å². The molecule has 3 aromatic carbocycles. The van der Waals surface area contributed by atoms with Crippen LogP contribution in [0.25, 0.3) is 10.8 Å². The molecule has 3 nitrogen and oxygen atoms in total. The van der Waals surface area contributed by atoms with Gasteiger partial charge in [-0.3, -0.25) is 4.79 Å². The highest BCUT2D eigenvalue weighted by Gasteiger charge is 2.16. The lowest BCUT2D eigenvalue weighted by Crippen LogP contribution is -2.30. The first-order chi connectivity index (χ1) is 11.5. The number of fused-ring (bicyclic) bond motifs is 1. The van der Waals surface area contributed by atoms with E-state index in [-0.39, 0.29) is 5.91 Å². The van der Waals surface area contributed by atoms with Crippen molar-refractivity contribution in [2.75, 3.05) is 5.32 Å². The average Bonchev–Trinajstić information content (AvgIpc) is 2.57. The third-order valence-electron chi connectivity index (χ3n) is 3.58. The molecule has 3 aromatic rings. The van der Waals surface area contributed by atoms with Crippen LogP contribution in [0.5, 0.6) is 5.75 Å². The van der Waals surface area contributed by atoms with E-state index in [1.165, 1.54) is 0 Å². The Morgan fingerprint density at radius 3 is 2.50 bits per heavy atom. The van der Waals surface area contributed by atoms with Crippen LogP contribution >= 0.6 is 31.9 Å². The number of rotatable bonds is 4. The van der Waals surface area contributed by atoms with Crippen LogP contribution in [0.3, 0.4) is 0 Å². The van der Waals surface area contributed by atoms with Crippen LogP contribution in [0.1, 0.15) is 6.92 Å². The minimum absolute atomic E-state index is 0.194. The first-order valence-electron chi connectivity index (χ1n) is 7.44. The largest absolute Gasteiger partial charge is 0.480 e. The molecular weight excluding hydrogens is 434 g/mol. The van der Waals surface area contributed by atoms with Gasteiger partial charge < -0.3 is 10.1 Å². The summed E-state index contributed by atoms with van der Waals surface area (Å²) in [5, 5.41) is 5.12. The third-order valence-corrected chi connectivity index (χ3v) is 4.70. The maximum absolute atomic E-state index is 12.4. The van der Waals surface area contributed by atoms with Gasteiger partial charge >= 0.3 is 0 Å². The fourth-order valence-corrected chi connectivity index (χ4v) is 3.47. The molecule has 1 atom stereocenters. The van der Waals surface area contributed by atoms with Crippen LogP contribution in [0.15, 0.2) is 69.6 Å². The normalized spacial score (nSPS) is 12.0. The van der Waals surface area contributed by atoms with E-state index >= 15 is 0 Å². The number of halogens is 2. The van der Waals surface area contributed by atoms with Crippen molar-refractivity contribution in [3.63, 3.8) is 0 Å². The lowest BCUT2D eigenvalue weighted by atomic mass is 10.1. The lowest BCUT2D eigenvalue weighted by molar-refractivity contribution is -0.122. The number of carbonyl (C=O) groups is 1. The number of anilines is 1. The highest BCUT2D eigenvalue weighted by molar-refractivity contribution is 9.11. The zero-order valence-electron chi connectivity index (χ0n) is 12.9. The molecule has 0 aromatic heterocycles. The van der Waals surface area contributed by atoms with Crippen molar-refractivity contribution < 1.29 is 9.53 Å². The summed E-state index contributed by atoms with van der Waals surface area (Å²) in [5.41, 5.74) is 0.754. The minimum Gasteiger partial charge on any atom is -0.480 e. The second kappa shape index (κ2) is 7.36. The molecule has 0 bridgehead atoms. The Kier molecular flexibility index (Phi) is 5.21. The molecular formula is C19H15Br2NO2. The highest BCUT2D eigenvalue weighted by Crippen LogP contribution is 2.29. The molecule has 3 rings (SSSR count). The van der Waals surface area contributed by atoms with E-state index in [9.17, 15) is 4.79 Å². The van der Waals surface area contributed by atoms with Crippen LogP contribution < -0.4 is 10.1 Å². The summed E-state index contributed by atoms with van der Waals surface area (Å²) >= 11 is 6.82. The van der Waals surface area contributed by atoms with Crippen LogP contribution in [-0.2, 0) is 4.79 Å². The predicted molar refractivity (Wildman–Crippen MR) is 105 cm³/mol. The van der Waals surface area contributed by atoms with Gasteiger partial charge in [-0.05, 0) is 64.0 Å². The van der Waals surface area contributed by atoms with Crippen LogP contribution in [0.4, 0.5) is 5.69 Å². The van der Waals surface area contributed by atoms with Crippen molar-refractivity contribution in [3.8, 4) is 5.75 Å². The molecule has 0 aliphatic carbocycles. The Labute approximate surface area is 157 Å². The Hall–Kier alpha value is -1.85.